The largest absolute Gasteiger partial charge is 0.330 e. The van der Waals surface area contributed by atoms with Crippen molar-refractivity contribution in [1.82, 2.24) is 4.90 Å². The zero-order chi connectivity index (χ0) is 12.1. The predicted molar refractivity (Wildman–Crippen MR) is 73.1 cm³/mol. The number of nitrogens with two attached hydrogens (primary N) is 1. The smallest absolute Gasteiger partial charge is 0.00924 e. The van der Waals surface area contributed by atoms with E-state index < -0.39 is 0 Å². The fourth-order valence-corrected chi connectivity index (χ4v) is 2.88. The zero-order valence-electron chi connectivity index (χ0n) is 10.8. The van der Waals surface area contributed by atoms with Gasteiger partial charge in [-0.2, -0.15) is 0 Å². The second kappa shape index (κ2) is 6.18. The summed E-state index contributed by atoms with van der Waals surface area (Å²) in [5.41, 5.74) is 7.30. The van der Waals surface area contributed by atoms with Crippen LogP contribution in [0.15, 0.2) is 30.3 Å². The molecule has 0 aliphatic heterocycles. The summed E-state index contributed by atoms with van der Waals surface area (Å²) in [5.74, 6) is 0.474. The Kier molecular flexibility index (Phi) is 4.57. The maximum atomic E-state index is 5.93. The van der Waals surface area contributed by atoms with Crippen LogP contribution in [0, 0.1) is 0 Å². The van der Waals surface area contributed by atoms with Gasteiger partial charge in [-0.3, -0.25) is 0 Å². The average Bonchev–Trinajstić information content (AvgIpc) is 2.90. The maximum absolute atomic E-state index is 5.93. The van der Waals surface area contributed by atoms with Gasteiger partial charge in [0.15, 0.2) is 0 Å². The number of hydrogen-bond acceptors (Lipinski definition) is 2. The van der Waals surface area contributed by atoms with Gasteiger partial charge in [-0.25, -0.2) is 0 Å². The van der Waals surface area contributed by atoms with Gasteiger partial charge in [0.1, 0.15) is 0 Å². The highest BCUT2D eigenvalue weighted by atomic mass is 15.1. The lowest BCUT2D eigenvalue weighted by molar-refractivity contribution is 0.231. The van der Waals surface area contributed by atoms with Crippen molar-refractivity contribution < 1.29 is 0 Å². The first kappa shape index (κ1) is 12.6. The van der Waals surface area contributed by atoms with Crippen molar-refractivity contribution >= 4 is 0 Å². The van der Waals surface area contributed by atoms with Crippen LogP contribution in [0.1, 0.15) is 37.2 Å². The first-order chi connectivity index (χ1) is 8.31. The molecule has 1 atom stereocenters. The van der Waals surface area contributed by atoms with Gasteiger partial charge in [0.25, 0.3) is 0 Å². The van der Waals surface area contributed by atoms with Crippen molar-refractivity contribution in [2.24, 2.45) is 5.73 Å². The van der Waals surface area contributed by atoms with Gasteiger partial charge in [-0.1, -0.05) is 43.2 Å². The van der Waals surface area contributed by atoms with Crippen LogP contribution in [0.2, 0.25) is 0 Å². The number of likely N-dealkylation sites (N-methyl/N-ethyl adjacent to an activating group) is 1. The van der Waals surface area contributed by atoms with Crippen molar-refractivity contribution in [3.8, 4) is 0 Å². The van der Waals surface area contributed by atoms with Crippen LogP contribution in [-0.4, -0.2) is 31.1 Å². The van der Waals surface area contributed by atoms with Gasteiger partial charge in [0, 0.05) is 25.0 Å². The van der Waals surface area contributed by atoms with Gasteiger partial charge in [0.05, 0.1) is 0 Å². The standard InChI is InChI=1S/C15H24N2/c1-17(15-9-5-6-10-15)12-14(11-16)13-7-3-2-4-8-13/h2-4,7-8,14-15H,5-6,9-12,16H2,1H3. The molecule has 0 radical (unpaired) electrons. The minimum absolute atomic E-state index is 0.474. The summed E-state index contributed by atoms with van der Waals surface area (Å²) in [6.07, 6.45) is 5.52. The van der Waals surface area contributed by atoms with Crippen LogP contribution in [-0.2, 0) is 0 Å². The number of hydrogen-bond donors (Lipinski definition) is 1. The Balaban J connectivity index is 1.95. The van der Waals surface area contributed by atoms with E-state index in [9.17, 15) is 0 Å². The molecule has 2 N–H and O–H groups in total. The second-order valence-electron chi connectivity index (χ2n) is 5.22. The summed E-state index contributed by atoms with van der Waals surface area (Å²) >= 11 is 0. The van der Waals surface area contributed by atoms with Crippen LogP contribution in [0.4, 0.5) is 0 Å². The quantitative estimate of drug-likeness (QED) is 0.845. The van der Waals surface area contributed by atoms with Gasteiger partial charge in [-0.15, -0.1) is 0 Å². The number of benzene rings is 1. The van der Waals surface area contributed by atoms with Crippen molar-refractivity contribution in [3.05, 3.63) is 35.9 Å². The van der Waals surface area contributed by atoms with E-state index in [1.54, 1.807) is 0 Å². The lowest BCUT2D eigenvalue weighted by Crippen LogP contribution is -2.35. The molecule has 1 aromatic carbocycles. The van der Waals surface area contributed by atoms with Gasteiger partial charge in [-0.05, 0) is 25.5 Å². The average molecular weight is 232 g/mol. The van der Waals surface area contributed by atoms with Crippen molar-refractivity contribution in [3.63, 3.8) is 0 Å². The summed E-state index contributed by atoms with van der Waals surface area (Å²) in [6.45, 7) is 1.83. The van der Waals surface area contributed by atoms with Crippen LogP contribution in [0.5, 0.6) is 0 Å². The van der Waals surface area contributed by atoms with E-state index in [2.05, 4.69) is 42.3 Å². The van der Waals surface area contributed by atoms with Crippen LogP contribution in [0.3, 0.4) is 0 Å². The van der Waals surface area contributed by atoms with Crippen molar-refractivity contribution in [2.45, 2.75) is 37.6 Å². The van der Waals surface area contributed by atoms with E-state index in [1.807, 2.05) is 0 Å². The SMILES string of the molecule is CN(CC(CN)c1ccccc1)C1CCCC1. The lowest BCUT2D eigenvalue weighted by Gasteiger charge is -2.28. The third-order valence-electron chi connectivity index (χ3n) is 4.01. The van der Waals surface area contributed by atoms with E-state index in [-0.39, 0.29) is 0 Å². The molecule has 94 valence electrons. The Morgan fingerprint density at radius 2 is 1.88 bits per heavy atom. The monoisotopic (exact) mass is 232 g/mol. The van der Waals surface area contributed by atoms with E-state index in [4.69, 9.17) is 5.73 Å². The third kappa shape index (κ3) is 3.30. The van der Waals surface area contributed by atoms with E-state index in [0.717, 1.165) is 19.1 Å². The molecule has 1 aliphatic rings. The molecule has 0 aromatic heterocycles. The topological polar surface area (TPSA) is 29.3 Å². The Labute approximate surface area is 105 Å². The van der Waals surface area contributed by atoms with Crippen molar-refractivity contribution in [2.75, 3.05) is 20.1 Å². The van der Waals surface area contributed by atoms with Crippen LogP contribution < -0.4 is 5.73 Å². The highest BCUT2D eigenvalue weighted by molar-refractivity contribution is 5.20. The molecule has 0 heterocycles. The third-order valence-corrected chi connectivity index (χ3v) is 4.01. The first-order valence-corrected chi connectivity index (χ1v) is 6.76. The predicted octanol–water partition coefficient (Wildman–Crippen LogP) is 2.60. The molecule has 2 rings (SSSR count). The summed E-state index contributed by atoms with van der Waals surface area (Å²) in [7, 11) is 2.25. The summed E-state index contributed by atoms with van der Waals surface area (Å²) in [5, 5.41) is 0. The highest BCUT2D eigenvalue weighted by Crippen LogP contribution is 2.24. The summed E-state index contributed by atoms with van der Waals surface area (Å²) in [4.78, 5) is 2.51. The Morgan fingerprint density at radius 3 is 2.47 bits per heavy atom. The maximum Gasteiger partial charge on any atom is 0.00924 e. The number of nitrogens with zero attached hydrogens (tertiary/aromatic N) is 1. The molecule has 0 amide bonds. The fourth-order valence-electron chi connectivity index (χ4n) is 2.88. The lowest BCUT2D eigenvalue weighted by atomic mass is 9.98. The first-order valence-electron chi connectivity index (χ1n) is 6.76. The molecule has 1 saturated carbocycles. The molecule has 1 aromatic rings. The Bertz CT molecular complexity index is 317. The van der Waals surface area contributed by atoms with Gasteiger partial charge < -0.3 is 10.6 Å². The highest BCUT2D eigenvalue weighted by Gasteiger charge is 2.22. The fraction of sp³-hybridized carbons (Fsp3) is 0.600. The van der Waals surface area contributed by atoms with Crippen LogP contribution >= 0.6 is 0 Å². The molecular weight excluding hydrogens is 208 g/mol. The molecular formula is C15H24N2. The molecule has 0 saturated heterocycles. The summed E-state index contributed by atoms with van der Waals surface area (Å²) in [6, 6.07) is 11.5. The molecule has 1 unspecified atom stereocenters. The Hall–Kier alpha value is -0.860. The molecule has 1 fully saturated rings. The molecule has 1 aliphatic carbocycles. The molecule has 2 heteroatoms. The molecule has 17 heavy (non-hydrogen) atoms. The molecule has 2 nitrogen and oxygen atoms in total. The van der Waals surface area contributed by atoms with E-state index in [0.29, 0.717) is 5.92 Å². The van der Waals surface area contributed by atoms with Gasteiger partial charge in [0.2, 0.25) is 0 Å². The Morgan fingerprint density at radius 1 is 1.24 bits per heavy atom. The van der Waals surface area contributed by atoms with E-state index in [1.165, 1.54) is 31.2 Å². The number of rotatable bonds is 5. The van der Waals surface area contributed by atoms with Crippen molar-refractivity contribution in [1.29, 1.82) is 0 Å². The molecule has 0 bridgehead atoms. The second-order valence-corrected chi connectivity index (χ2v) is 5.22. The van der Waals surface area contributed by atoms with Gasteiger partial charge >= 0.3 is 0 Å². The van der Waals surface area contributed by atoms with Crippen LogP contribution in [0.25, 0.3) is 0 Å². The molecule has 0 spiro atoms. The zero-order valence-corrected chi connectivity index (χ0v) is 10.8. The van der Waals surface area contributed by atoms with E-state index >= 15 is 0 Å². The summed E-state index contributed by atoms with van der Waals surface area (Å²) < 4.78 is 0. The normalized spacial score (nSPS) is 18.8. The minimum atomic E-state index is 0.474. The minimum Gasteiger partial charge on any atom is -0.330 e.